The fraction of sp³-hybridized carbons (Fsp3) is 0.316. The minimum atomic E-state index is -0.132. The van der Waals surface area contributed by atoms with Crippen LogP contribution in [0.25, 0.3) is 0 Å². The summed E-state index contributed by atoms with van der Waals surface area (Å²) >= 11 is 1.59. The molecule has 0 unspecified atom stereocenters. The van der Waals surface area contributed by atoms with Crippen LogP contribution in [0.5, 0.6) is 0 Å². The van der Waals surface area contributed by atoms with Crippen LogP contribution in [0.2, 0.25) is 0 Å². The summed E-state index contributed by atoms with van der Waals surface area (Å²) in [5, 5.41) is 2.97. The van der Waals surface area contributed by atoms with Gasteiger partial charge in [0.2, 0.25) is 5.91 Å². The minimum absolute atomic E-state index is 0.0505. The van der Waals surface area contributed by atoms with E-state index in [9.17, 15) is 4.79 Å². The summed E-state index contributed by atoms with van der Waals surface area (Å²) < 4.78 is 0. The van der Waals surface area contributed by atoms with Crippen molar-refractivity contribution in [2.24, 2.45) is 0 Å². The summed E-state index contributed by atoms with van der Waals surface area (Å²) in [4.78, 5) is 13.6. The molecule has 1 amide bonds. The average Bonchev–Trinajstić information content (AvgIpc) is 2.51. The third-order valence-corrected chi connectivity index (χ3v) is 4.80. The van der Waals surface area contributed by atoms with E-state index in [1.807, 2.05) is 26.0 Å². The molecule has 2 aromatic rings. The summed E-state index contributed by atoms with van der Waals surface area (Å²) in [6.07, 6.45) is 0.913. The largest absolute Gasteiger partial charge is 0.325 e. The molecule has 0 saturated carbocycles. The van der Waals surface area contributed by atoms with Gasteiger partial charge >= 0.3 is 0 Å². The molecular weight excluding hydrogens is 290 g/mol. The number of para-hydroxylation sites is 1. The van der Waals surface area contributed by atoms with Crippen LogP contribution >= 0.6 is 11.8 Å². The molecular formula is C19H23NOS. The first kappa shape index (κ1) is 16.6. The first-order valence-corrected chi connectivity index (χ1v) is 8.52. The van der Waals surface area contributed by atoms with E-state index in [-0.39, 0.29) is 11.2 Å². The molecule has 0 spiro atoms. The molecule has 1 atom stereocenters. The fourth-order valence-electron chi connectivity index (χ4n) is 2.30. The number of benzene rings is 2. The first-order valence-electron chi connectivity index (χ1n) is 7.64. The van der Waals surface area contributed by atoms with Crippen LogP contribution in [0.3, 0.4) is 0 Å². The van der Waals surface area contributed by atoms with Crippen LogP contribution in [0, 0.1) is 13.8 Å². The van der Waals surface area contributed by atoms with Gasteiger partial charge in [-0.3, -0.25) is 4.79 Å². The average molecular weight is 313 g/mol. The summed E-state index contributed by atoms with van der Waals surface area (Å²) in [6, 6.07) is 14.4. The third-order valence-electron chi connectivity index (χ3n) is 3.69. The predicted octanol–water partition coefficient (Wildman–Crippen LogP) is 4.99. The van der Waals surface area contributed by atoms with E-state index in [1.54, 1.807) is 11.8 Å². The van der Waals surface area contributed by atoms with E-state index in [0.29, 0.717) is 0 Å². The Morgan fingerprint density at radius 3 is 2.45 bits per heavy atom. The Kier molecular flexibility index (Phi) is 5.67. The van der Waals surface area contributed by atoms with E-state index in [2.05, 4.69) is 49.5 Å². The number of nitrogens with one attached hydrogen (secondary N) is 1. The number of hydrogen-bond acceptors (Lipinski definition) is 2. The highest BCUT2D eigenvalue weighted by Crippen LogP contribution is 2.26. The number of carbonyl (C=O) groups is 1. The Labute approximate surface area is 137 Å². The van der Waals surface area contributed by atoms with Crippen LogP contribution in [-0.4, -0.2) is 11.2 Å². The van der Waals surface area contributed by atoms with Crippen molar-refractivity contribution < 1.29 is 4.79 Å². The maximum Gasteiger partial charge on any atom is 0.237 e. The number of aryl methyl sites for hydroxylation is 3. The first-order chi connectivity index (χ1) is 10.5. The second kappa shape index (κ2) is 7.50. The van der Waals surface area contributed by atoms with Crippen LogP contribution in [0.1, 0.15) is 30.5 Å². The molecule has 0 heterocycles. The number of rotatable bonds is 5. The maximum atomic E-state index is 12.5. The minimum Gasteiger partial charge on any atom is -0.325 e. The van der Waals surface area contributed by atoms with Crippen LogP contribution in [0.4, 0.5) is 5.69 Å². The summed E-state index contributed by atoms with van der Waals surface area (Å²) in [5.74, 6) is 0.0505. The van der Waals surface area contributed by atoms with Gasteiger partial charge in [-0.15, -0.1) is 11.8 Å². The molecule has 0 radical (unpaired) electrons. The molecule has 22 heavy (non-hydrogen) atoms. The lowest BCUT2D eigenvalue weighted by Gasteiger charge is -2.16. The summed E-state index contributed by atoms with van der Waals surface area (Å²) in [5.41, 5.74) is 4.49. The summed E-state index contributed by atoms with van der Waals surface area (Å²) in [6.45, 7) is 8.15. The SMILES string of the molecule is CCc1cccc(C)c1NC(=O)[C@@H](C)Sc1ccc(C)cc1. The Hall–Kier alpha value is -1.74. The standard InChI is InChI=1S/C19H23NOS/c1-5-16-8-6-7-14(3)18(16)20-19(21)15(4)22-17-11-9-13(2)10-12-17/h6-12,15H,5H2,1-4H3,(H,20,21)/t15-/m1/s1. The van der Waals surface area contributed by atoms with Crippen molar-refractivity contribution in [3.05, 3.63) is 59.2 Å². The molecule has 0 aromatic heterocycles. The van der Waals surface area contributed by atoms with E-state index in [1.165, 1.54) is 11.1 Å². The quantitative estimate of drug-likeness (QED) is 0.788. The van der Waals surface area contributed by atoms with Crippen molar-refractivity contribution in [1.29, 1.82) is 0 Å². The van der Waals surface area contributed by atoms with Crippen molar-refractivity contribution in [2.75, 3.05) is 5.32 Å². The van der Waals surface area contributed by atoms with Crippen molar-refractivity contribution in [3.63, 3.8) is 0 Å². The van der Waals surface area contributed by atoms with Gasteiger partial charge in [-0.1, -0.05) is 42.8 Å². The van der Waals surface area contributed by atoms with Crippen molar-refractivity contribution in [2.45, 2.75) is 44.3 Å². The highest BCUT2D eigenvalue weighted by atomic mass is 32.2. The Morgan fingerprint density at radius 2 is 1.82 bits per heavy atom. The predicted molar refractivity (Wildman–Crippen MR) is 95.7 cm³/mol. The molecule has 0 saturated heterocycles. The Morgan fingerprint density at radius 1 is 1.14 bits per heavy atom. The smallest absolute Gasteiger partial charge is 0.237 e. The van der Waals surface area contributed by atoms with Gasteiger partial charge in [-0.05, 0) is 50.5 Å². The van der Waals surface area contributed by atoms with Crippen LogP contribution in [-0.2, 0) is 11.2 Å². The molecule has 2 rings (SSSR count). The lowest BCUT2D eigenvalue weighted by atomic mass is 10.1. The van der Waals surface area contributed by atoms with Gasteiger partial charge in [-0.25, -0.2) is 0 Å². The Balaban J connectivity index is 2.07. The molecule has 3 heteroatoms. The van der Waals surface area contributed by atoms with E-state index in [0.717, 1.165) is 22.6 Å². The molecule has 2 aromatic carbocycles. The van der Waals surface area contributed by atoms with E-state index in [4.69, 9.17) is 0 Å². The number of carbonyl (C=O) groups excluding carboxylic acids is 1. The molecule has 116 valence electrons. The topological polar surface area (TPSA) is 29.1 Å². The molecule has 1 N–H and O–H groups in total. The van der Waals surface area contributed by atoms with Crippen molar-refractivity contribution in [1.82, 2.24) is 0 Å². The van der Waals surface area contributed by atoms with E-state index < -0.39 is 0 Å². The van der Waals surface area contributed by atoms with E-state index >= 15 is 0 Å². The number of thioether (sulfide) groups is 1. The molecule has 0 aliphatic carbocycles. The molecule has 0 aliphatic heterocycles. The summed E-state index contributed by atoms with van der Waals surface area (Å²) in [7, 11) is 0. The van der Waals surface area contributed by atoms with Gasteiger partial charge in [0.1, 0.15) is 0 Å². The van der Waals surface area contributed by atoms with Gasteiger partial charge in [0.05, 0.1) is 5.25 Å². The van der Waals surface area contributed by atoms with Gasteiger partial charge < -0.3 is 5.32 Å². The number of hydrogen-bond donors (Lipinski definition) is 1. The maximum absolute atomic E-state index is 12.5. The molecule has 0 bridgehead atoms. The third kappa shape index (κ3) is 4.14. The van der Waals surface area contributed by atoms with Crippen molar-refractivity contribution in [3.8, 4) is 0 Å². The lowest BCUT2D eigenvalue weighted by molar-refractivity contribution is -0.115. The van der Waals surface area contributed by atoms with Crippen LogP contribution in [0.15, 0.2) is 47.4 Å². The second-order valence-corrected chi connectivity index (χ2v) is 6.94. The number of anilines is 1. The van der Waals surface area contributed by atoms with Crippen molar-refractivity contribution >= 4 is 23.4 Å². The zero-order valence-electron chi connectivity index (χ0n) is 13.6. The highest BCUT2D eigenvalue weighted by molar-refractivity contribution is 8.00. The fourth-order valence-corrected chi connectivity index (χ4v) is 3.17. The van der Waals surface area contributed by atoms with Gasteiger partial charge in [0.15, 0.2) is 0 Å². The molecule has 0 aliphatic rings. The van der Waals surface area contributed by atoms with Gasteiger partial charge in [0.25, 0.3) is 0 Å². The van der Waals surface area contributed by atoms with Crippen LogP contribution < -0.4 is 5.32 Å². The number of amides is 1. The second-order valence-electron chi connectivity index (χ2n) is 5.52. The van der Waals surface area contributed by atoms with Gasteiger partial charge in [0, 0.05) is 10.6 Å². The lowest BCUT2D eigenvalue weighted by Crippen LogP contribution is -2.23. The normalized spacial score (nSPS) is 12.0. The molecule has 2 nitrogen and oxygen atoms in total. The zero-order valence-corrected chi connectivity index (χ0v) is 14.5. The zero-order chi connectivity index (χ0) is 16.1. The molecule has 0 fully saturated rings. The highest BCUT2D eigenvalue weighted by Gasteiger charge is 2.16. The van der Waals surface area contributed by atoms with Gasteiger partial charge in [-0.2, -0.15) is 0 Å². The Bertz CT molecular complexity index is 649. The monoisotopic (exact) mass is 313 g/mol.